The van der Waals surface area contributed by atoms with E-state index in [2.05, 4.69) is 55.8 Å². The molecule has 0 bridgehead atoms. The Balaban J connectivity index is 1.73. The maximum absolute atomic E-state index is 13.2. The summed E-state index contributed by atoms with van der Waals surface area (Å²) in [4.78, 5) is 12.6. The van der Waals surface area contributed by atoms with E-state index in [-0.39, 0.29) is 0 Å². The van der Waals surface area contributed by atoms with Crippen LogP contribution in [0.3, 0.4) is 0 Å². The van der Waals surface area contributed by atoms with Crippen molar-refractivity contribution in [2.45, 2.75) is 39.0 Å². The van der Waals surface area contributed by atoms with Gasteiger partial charge in [-0.05, 0) is 34.1 Å². The van der Waals surface area contributed by atoms with Gasteiger partial charge in [-0.15, -0.1) is 0 Å². The zero-order chi connectivity index (χ0) is 19.4. The normalized spacial score (nSPS) is 11.9. The number of rotatable bonds is 8. The maximum Gasteiger partial charge on any atom is 0.213 e. The van der Waals surface area contributed by atoms with Crippen LogP contribution in [0.5, 0.6) is 0 Å². The van der Waals surface area contributed by atoms with E-state index in [1.165, 1.54) is 12.4 Å². The third-order valence-electron chi connectivity index (χ3n) is 4.04. The first-order valence-electron chi connectivity index (χ1n) is 8.76. The van der Waals surface area contributed by atoms with Crippen molar-refractivity contribution in [1.29, 1.82) is 0 Å². The fraction of sp³-hybridized carbons (Fsp3) is 0.389. The highest BCUT2D eigenvalue weighted by molar-refractivity contribution is 9.10. The lowest BCUT2D eigenvalue weighted by Gasteiger charge is -2.15. The predicted molar refractivity (Wildman–Crippen MR) is 111 cm³/mol. The summed E-state index contributed by atoms with van der Waals surface area (Å²) >= 11 is 3.58. The van der Waals surface area contributed by atoms with E-state index in [9.17, 15) is 4.39 Å². The van der Waals surface area contributed by atoms with Gasteiger partial charge in [-0.2, -0.15) is 4.39 Å². The van der Waals surface area contributed by atoms with Gasteiger partial charge in [0.15, 0.2) is 0 Å². The molecule has 144 valence electrons. The van der Waals surface area contributed by atoms with Gasteiger partial charge in [-0.3, -0.25) is 0 Å². The average molecular weight is 452 g/mol. The number of anilines is 1. The van der Waals surface area contributed by atoms with Crippen LogP contribution in [0.2, 0.25) is 25.7 Å². The number of ether oxygens (including phenoxy) is 1. The number of fused-ring (bicyclic) bond motifs is 1. The molecule has 3 aromatic heterocycles. The third kappa shape index (κ3) is 5.33. The summed E-state index contributed by atoms with van der Waals surface area (Å²) in [7, 11) is -1.11. The third-order valence-corrected chi connectivity index (χ3v) is 6.35. The van der Waals surface area contributed by atoms with Crippen LogP contribution in [0.1, 0.15) is 5.69 Å². The van der Waals surface area contributed by atoms with Crippen LogP contribution in [0.15, 0.2) is 35.2 Å². The van der Waals surface area contributed by atoms with Crippen LogP contribution in [0.4, 0.5) is 10.2 Å². The summed E-state index contributed by atoms with van der Waals surface area (Å²) in [6.45, 7) is 8.54. The molecule has 3 heterocycles. The summed E-state index contributed by atoms with van der Waals surface area (Å²) in [6.07, 6.45) is 3.45. The molecule has 0 aliphatic heterocycles. The van der Waals surface area contributed by atoms with Gasteiger partial charge < -0.3 is 14.6 Å². The van der Waals surface area contributed by atoms with E-state index in [4.69, 9.17) is 4.74 Å². The molecule has 0 atom stereocenters. The molecule has 0 aromatic carbocycles. The molecule has 3 aromatic rings. The Kier molecular flexibility index (Phi) is 6.23. The van der Waals surface area contributed by atoms with Crippen LogP contribution in [-0.4, -0.2) is 34.2 Å². The molecule has 0 radical (unpaired) electrons. The fourth-order valence-electron chi connectivity index (χ4n) is 2.57. The number of hydrogen-bond acceptors (Lipinski definition) is 5. The van der Waals surface area contributed by atoms with Gasteiger partial charge >= 0.3 is 0 Å². The molecule has 27 heavy (non-hydrogen) atoms. The van der Waals surface area contributed by atoms with Gasteiger partial charge in [-0.1, -0.05) is 25.7 Å². The minimum atomic E-state index is -1.11. The Morgan fingerprint density at radius 2 is 2.07 bits per heavy atom. The van der Waals surface area contributed by atoms with Gasteiger partial charge in [-0.25, -0.2) is 15.0 Å². The molecule has 0 saturated heterocycles. The van der Waals surface area contributed by atoms with E-state index >= 15 is 0 Å². The van der Waals surface area contributed by atoms with Gasteiger partial charge in [0.25, 0.3) is 0 Å². The summed E-state index contributed by atoms with van der Waals surface area (Å²) in [6, 6.07) is 5.85. The molecule has 0 amide bonds. The molecule has 3 rings (SSSR count). The Labute approximate surface area is 167 Å². The smallest absolute Gasteiger partial charge is 0.213 e. The molecule has 0 saturated carbocycles. The van der Waals surface area contributed by atoms with Crippen LogP contribution in [-0.2, 0) is 18.0 Å². The van der Waals surface area contributed by atoms with E-state index in [1.54, 1.807) is 12.1 Å². The second-order valence-corrected chi connectivity index (χ2v) is 14.0. The first-order valence-corrected chi connectivity index (χ1v) is 13.3. The second-order valence-electron chi connectivity index (χ2n) is 7.52. The van der Waals surface area contributed by atoms with E-state index < -0.39 is 14.0 Å². The maximum atomic E-state index is 13.2. The number of nitrogens with one attached hydrogen (secondary N) is 1. The van der Waals surface area contributed by atoms with Crippen molar-refractivity contribution in [3.8, 4) is 0 Å². The average Bonchev–Trinajstić information content (AvgIpc) is 2.93. The van der Waals surface area contributed by atoms with Crippen LogP contribution >= 0.6 is 15.9 Å². The van der Waals surface area contributed by atoms with Gasteiger partial charge in [0, 0.05) is 25.4 Å². The molecule has 0 unspecified atom stereocenters. The number of nitrogens with zero attached hydrogens (tertiary/aromatic N) is 4. The number of halogens is 2. The minimum Gasteiger partial charge on any atom is -0.364 e. The van der Waals surface area contributed by atoms with Gasteiger partial charge in [0.1, 0.15) is 24.5 Å². The zero-order valence-electron chi connectivity index (χ0n) is 15.7. The summed E-state index contributed by atoms with van der Waals surface area (Å²) in [5.41, 5.74) is 1.38. The number of aromatic nitrogens is 4. The van der Waals surface area contributed by atoms with Crippen molar-refractivity contribution in [2.24, 2.45) is 0 Å². The number of pyridine rings is 1. The molecule has 0 spiro atoms. The zero-order valence-corrected chi connectivity index (χ0v) is 18.3. The van der Waals surface area contributed by atoms with E-state index in [1.807, 2.05) is 10.8 Å². The predicted octanol–water partition coefficient (Wildman–Crippen LogP) is 4.65. The molecule has 0 aliphatic carbocycles. The second kappa shape index (κ2) is 8.45. The van der Waals surface area contributed by atoms with Crippen LogP contribution in [0, 0.1) is 5.95 Å². The standard InChI is InChI=1S/C18H23BrFN5OSi/c1-27(2,3)8-7-26-12-25-10-14(19)16-17(22-11-23-18(16)25)21-9-13-5-4-6-15(20)24-13/h4-6,10-11H,7-9,12H2,1-3H3,(H,21,22,23). The quantitative estimate of drug-likeness (QED) is 0.306. The van der Waals surface area contributed by atoms with Crippen molar-refractivity contribution < 1.29 is 9.13 Å². The van der Waals surface area contributed by atoms with Crippen molar-refractivity contribution in [3.63, 3.8) is 0 Å². The monoisotopic (exact) mass is 451 g/mol. The van der Waals surface area contributed by atoms with Gasteiger partial charge in [0.05, 0.1) is 17.6 Å². The van der Waals surface area contributed by atoms with Crippen LogP contribution < -0.4 is 5.32 Å². The Morgan fingerprint density at radius 3 is 2.81 bits per heavy atom. The molecular weight excluding hydrogens is 429 g/mol. The molecule has 9 heteroatoms. The van der Waals surface area contributed by atoms with Gasteiger partial charge in [0.2, 0.25) is 5.95 Å². The van der Waals surface area contributed by atoms with Crippen molar-refractivity contribution in [3.05, 3.63) is 46.8 Å². The highest BCUT2D eigenvalue weighted by atomic mass is 79.9. The van der Waals surface area contributed by atoms with Crippen molar-refractivity contribution >= 4 is 40.9 Å². The van der Waals surface area contributed by atoms with Crippen LogP contribution in [0.25, 0.3) is 11.0 Å². The largest absolute Gasteiger partial charge is 0.364 e. The summed E-state index contributed by atoms with van der Waals surface area (Å²) in [5, 5.41) is 4.08. The molecule has 0 aliphatic rings. The molecule has 0 fully saturated rings. The first-order chi connectivity index (χ1) is 12.8. The Morgan fingerprint density at radius 1 is 1.26 bits per heavy atom. The molecule has 1 N–H and O–H groups in total. The van der Waals surface area contributed by atoms with E-state index in [0.29, 0.717) is 24.8 Å². The Hall–Kier alpha value is -1.84. The Bertz CT molecular complexity index is 928. The molecular formula is C18H23BrFN5OSi. The number of hydrogen-bond donors (Lipinski definition) is 1. The first kappa shape index (κ1) is 19.9. The van der Waals surface area contributed by atoms with E-state index in [0.717, 1.165) is 28.2 Å². The molecule has 6 nitrogen and oxygen atoms in total. The SMILES string of the molecule is C[Si](C)(C)CCOCn1cc(Br)c2c(NCc3cccc(F)n3)ncnc21. The minimum absolute atomic E-state index is 0.369. The summed E-state index contributed by atoms with van der Waals surface area (Å²) < 4.78 is 21.9. The lowest BCUT2D eigenvalue weighted by atomic mass is 10.3. The lowest BCUT2D eigenvalue weighted by molar-refractivity contribution is 0.0898. The van der Waals surface area contributed by atoms with Crippen molar-refractivity contribution in [1.82, 2.24) is 19.5 Å². The highest BCUT2D eigenvalue weighted by Crippen LogP contribution is 2.30. The topological polar surface area (TPSA) is 64.9 Å². The lowest BCUT2D eigenvalue weighted by Crippen LogP contribution is -2.22. The highest BCUT2D eigenvalue weighted by Gasteiger charge is 2.15. The summed E-state index contributed by atoms with van der Waals surface area (Å²) in [5.74, 6) is 0.170. The van der Waals surface area contributed by atoms with Crippen molar-refractivity contribution in [2.75, 3.05) is 11.9 Å². The fourth-order valence-corrected chi connectivity index (χ4v) is 3.94.